The maximum atomic E-state index is 2.33. The maximum absolute atomic E-state index is 2.33. The monoisotopic (exact) mass is 653 g/mol. The lowest BCUT2D eigenvalue weighted by Gasteiger charge is -2.26. The third kappa shape index (κ3) is 6.63. The van der Waals surface area contributed by atoms with Crippen molar-refractivity contribution >= 4 is 17.1 Å². The van der Waals surface area contributed by atoms with Gasteiger partial charge in [-0.25, -0.2) is 0 Å². The minimum Gasteiger partial charge on any atom is -0.311 e. The number of aryl methyl sites for hydroxylation is 2. The summed E-state index contributed by atoms with van der Waals surface area (Å²) >= 11 is 0. The van der Waals surface area contributed by atoms with E-state index < -0.39 is 0 Å². The highest BCUT2D eigenvalue weighted by atomic mass is 15.1. The molecule has 0 fully saturated rings. The Morgan fingerprint density at radius 3 is 1.18 bits per heavy atom. The molecule has 8 aromatic carbocycles. The number of nitrogens with zero attached hydrogens (tertiary/aromatic N) is 1. The van der Waals surface area contributed by atoms with Crippen molar-refractivity contribution in [1.29, 1.82) is 0 Å². The average molecular weight is 654 g/mol. The zero-order valence-corrected chi connectivity index (χ0v) is 29.0. The summed E-state index contributed by atoms with van der Waals surface area (Å²) < 4.78 is 0. The molecule has 0 aromatic heterocycles. The van der Waals surface area contributed by atoms with E-state index in [4.69, 9.17) is 0 Å². The molecule has 1 nitrogen and oxygen atoms in total. The lowest BCUT2D eigenvalue weighted by atomic mass is 9.90. The van der Waals surface area contributed by atoms with Crippen LogP contribution in [-0.4, -0.2) is 0 Å². The summed E-state index contributed by atoms with van der Waals surface area (Å²) in [6.07, 6.45) is 0. The molecule has 0 aliphatic heterocycles. The molecule has 0 bridgehead atoms. The van der Waals surface area contributed by atoms with Gasteiger partial charge in [-0.05, 0) is 117 Å². The van der Waals surface area contributed by atoms with Crippen LogP contribution in [0.4, 0.5) is 17.1 Å². The van der Waals surface area contributed by atoms with Crippen LogP contribution >= 0.6 is 0 Å². The van der Waals surface area contributed by atoms with Gasteiger partial charge in [0.25, 0.3) is 0 Å². The Morgan fingerprint density at radius 1 is 0.255 bits per heavy atom. The van der Waals surface area contributed by atoms with E-state index in [9.17, 15) is 0 Å². The molecule has 1 heteroatoms. The number of benzene rings is 8. The molecular formula is C50H39N. The zero-order chi connectivity index (χ0) is 34.6. The highest BCUT2D eigenvalue weighted by Gasteiger charge is 2.15. The van der Waals surface area contributed by atoms with Gasteiger partial charge < -0.3 is 4.90 Å². The molecule has 0 saturated carbocycles. The van der Waals surface area contributed by atoms with Crippen molar-refractivity contribution < 1.29 is 0 Å². The third-order valence-electron chi connectivity index (χ3n) is 9.80. The molecule has 0 aliphatic carbocycles. The van der Waals surface area contributed by atoms with Crippen LogP contribution in [0.5, 0.6) is 0 Å². The molecule has 0 radical (unpaired) electrons. The Hall–Kier alpha value is -6.44. The quantitative estimate of drug-likeness (QED) is 0.158. The average Bonchev–Trinajstić information content (AvgIpc) is 3.20. The Labute approximate surface area is 301 Å². The van der Waals surface area contributed by atoms with Crippen LogP contribution in [0.1, 0.15) is 11.1 Å². The second-order valence-electron chi connectivity index (χ2n) is 13.1. The summed E-state index contributed by atoms with van der Waals surface area (Å²) in [5, 5.41) is 0. The Balaban J connectivity index is 1.09. The number of para-hydroxylation sites is 1. The van der Waals surface area contributed by atoms with Gasteiger partial charge in [-0.2, -0.15) is 0 Å². The fourth-order valence-corrected chi connectivity index (χ4v) is 7.10. The van der Waals surface area contributed by atoms with Gasteiger partial charge in [0.2, 0.25) is 0 Å². The minimum absolute atomic E-state index is 1.11. The Morgan fingerprint density at radius 2 is 0.627 bits per heavy atom. The van der Waals surface area contributed by atoms with Crippen LogP contribution in [-0.2, 0) is 0 Å². The van der Waals surface area contributed by atoms with E-state index in [-0.39, 0.29) is 0 Å². The largest absolute Gasteiger partial charge is 0.311 e. The minimum atomic E-state index is 1.11. The predicted octanol–water partition coefficient (Wildman–Crippen LogP) is 14.1. The fraction of sp³-hybridized carbons (Fsp3) is 0.0400. The Bertz CT molecular complexity index is 2390. The number of rotatable bonds is 8. The summed E-state index contributed by atoms with van der Waals surface area (Å²) in [7, 11) is 0. The van der Waals surface area contributed by atoms with E-state index in [1.165, 1.54) is 66.8 Å². The van der Waals surface area contributed by atoms with E-state index in [0.29, 0.717) is 0 Å². The normalized spacial score (nSPS) is 10.9. The molecular weight excluding hydrogens is 615 g/mol. The first-order valence-electron chi connectivity index (χ1n) is 17.6. The molecule has 0 N–H and O–H groups in total. The number of hydrogen-bond donors (Lipinski definition) is 0. The predicted molar refractivity (Wildman–Crippen MR) is 218 cm³/mol. The van der Waals surface area contributed by atoms with Gasteiger partial charge in [-0.3, -0.25) is 0 Å². The topological polar surface area (TPSA) is 3.24 Å². The van der Waals surface area contributed by atoms with Crippen molar-refractivity contribution in [2.45, 2.75) is 13.8 Å². The second kappa shape index (κ2) is 14.2. The van der Waals surface area contributed by atoms with Gasteiger partial charge in [0.05, 0.1) is 0 Å². The summed E-state index contributed by atoms with van der Waals surface area (Å²) in [6, 6.07) is 72.0. The van der Waals surface area contributed by atoms with Crippen molar-refractivity contribution in [3.8, 4) is 55.6 Å². The van der Waals surface area contributed by atoms with E-state index in [1.54, 1.807) is 0 Å². The van der Waals surface area contributed by atoms with Crippen LogP contribution in [0, 0.1) is 13.8 Å². The Kier molecular flexibility index (Phi) is 8.85. The molecule has 0 heterocycles. The SMILES string of the molecule is Cc1ccccc1-c1ccc(-c2ccccc2-c2ccc(N(c3ccccc3)c3ccc(-c4ccc(-c5ccccc5)cc4)cc3)cc2)cc1C. The first-order chi connectivity index (χ1) is 25.1. The summed E-state index contributed by atoms with van der Waals surface area (Å²) in [5.74, 6) is 0. The van der Waals surface area contributed by atoms with Crippen molar-refractivity contribution in [2.75, 3.05) is 4.90 Å². The lowest BCUT2D eigenvalue weighted by Crippen LogP contribution is -2.09. The molecule has 0 unspecified atom stereocenters. The molecule has 0 aliphatic rings. The van der Waals surface area contributed by atoms with Gasteiger partial charge in [0, 0.05) is 17.1 Å². The molecule has 8 aromatic rings. The van der Waals surface area contributed by atoms with Crippen LogP contribution in [0.3, 0.4) is 0 Å². The molecule has 51 heavy (non-hydrogen) atoms. The summed E-state index contributed by atoms with van der Waals surface area (Å²) in [5.41, 5.74) is 18.2. The molecule has 0 spiro atoms. The second-order valence-corrected chi connectivity index (χ2v) is 13.1. The van der Waals surface area contributed by atoms with E-state index in [1.807, 2.05) is 0 Å². The lowest BCUT2D eigenvalue weighted by molar-refractivity contribution is 1.28. The third-order valence-corrected chi connectivity index (χ3v) is 9.80. The van der Waals surface area contributed by atoms with E-state index in [2.05, 4.69) is 219 Å². The zero-order valence-electron chi connectivity index (χ0n) is 29.0. The fourth-order valence-electron chi connectivity index (χ4n) is 7.10. The van der Waals surface area contributed by atoms with Gasteiger partial charge >= 0.3 is 0 Å². The highest BCUT2D eigenvalue weighted by Crippen LogP contribution is 2.39. The van der Waals surface area contributed by atoms with Crippen molar-refractivity contribution in [2.24, 2.45) is 0 Å². The van der Waals surface area contributed by atoms with Crippen LogP contribution in [0.2, 0.25) is 0 Å². The van der Waals surface area contributed by atoms with Crippen LogP contribution in [0.15, 0.2) is 200 Å². The number of hydrogen-bond acceptors (Lipinski definition) is 1. The van der Waals surface area contributed by atoms with Crippen LogP contribution in [0.25, 0.3) is 55.6 Å². The maximum Gasteiger partial charge on any atom is 0.0462 e. The molecule has 0 saturated heterocycles. The molecule has 244 valence electrons. The first kappa shape index (κ1) is 31.8. The number of anilines is 3. The van der Waals surface area contributed by atoms with Crippen molar-refractivity contribution in [1.82, 2.24) is 0 Å². The summed E-state index contributed by atoms with van der Waals surface area (Å²) in [4.78, 5) is 2.33. The standard InChI is InChI=1S/C50H39N/c1-36-13-9-10-18-47(36)48-34-29-43(35-37(48)2)50-20-12-11-19-49(50)42-27-32-46(33-28-42)51(44-16-7-4-8-17-44)45-30-25-41(26-31-45)40-23-21-39(22-24-40)38-14-5-3-6-15-38/h3-35H,1-2H3. The highest BCUT2D eigenvalue weighted by molar-refractivity contribution is 5.87. The molecule has 0 atom stereocenters. The van der Waals surface area contributed by atoms with Crippen molar-refractivity contribution in [3.05, 3.63) is 211 Å². The van der Waals surface area contributed by atoms with Gasteiger partial charge in [-0.1, -0.05) is 164 Å². The smallest absolute Gasteiger partial charge is 0.0462 e. The molecule has 0 amide bonds. The molecule has 8 rings (SSSR count). The van der Waals surface area contributed by atoms with E-state index >= 15 is 0 Å². The van der Waals surface area contributed by atoms with Crippen LogP contribution < -0.4 is 4.90 Å². The van der Waals surface area contributed by atoms with Gasteiger partial charge in [-0.15, -0.1) is 0 Å². The van der Waals surface area contributed by atoms with Gasteiger partial charge in [0.15, 0.2) is 0 Å². The van der Waals surface area contributed by atoms with Gasteiger partial charge in [0.1, 0.15) is 0 Å². The van der Waals surface area contributed by atoms with E-state index in [0.717, 1.165) is 17.1 Å². The first-order valence-corrected chi connectivity index (χ1v) is 17.6. The van der Waals surface area contributed by atoms with Crippen molar-refractivity contribution in [3.63, 3.8) is 0 Å². The summed E-state index contributed by atoms with van der Waals surface area (Å²) in [6.45, 7) is 4.40.